The largest absolute Gasteiger partial charge is 0.384 e. The van der Waals surface area contributed by atoms with Gasteiger partial charge in [0.05, 0.1) is 4.90 Å². The molecule has 6 heteroatoms. The van der Waals surface area contributed by atoms with Gasteiger partial charge in [0.25, 0.3) is 0 Å². The summed E-state index contributed by atoms with van der Waals surface area (Å²) >= 11 is 0. The maximum atomic E-state index is 11.9. The van der Waals surface area contributed by atoms with Crippen molar-refractivity contribution in [2.24, 2.45) is 5.92 Å². The molecule has 5 nitrogen and oxygen atoms in total. The van der Waals surface area contributed by atoms with Crippen LogP contribution in [0.4, 0.5) is 5.82 Å². The molecule has 1 aliphatic rings. The van der Waals surface area contributed by atoms with E-state index in [0.717, 1.165) is 18.8 Å². The summed E-state index contributed by atoms with van der Waals surface area (Å²) in [5.74, 6) is 1.04. The lowest BCUT2D eigenvalue weighted by Gasteiger charge is -2.06. The number of hydrogen-bond acceptors (Lipinski definition) is 4. The molecule has 1 fully saturated rings. The zero-order valence-electron chi connectivity index (χ0n) is 9.59. The lowest BCUT2D eigenvalue weighted by molar-refractivity contribution is 0.572. The average molecular weight is 255 g/mol. The first kappa shape index (κ1) is 12.3. The van der Waals surface area contributed by atoms with Crippen LogP contribution in [0.15, 0.2) is 23.2 Å². The van der Waals surface area contributed by atoms with E-state index in [9.17, 15) is 8.42 Å². The number of nitrogens with two attached hydrogens (primary N) is 1. The highest BCUT2D eigenvalue weighted by Crippen LogP contribution is 2.33. The van der Waals surface area contributed by atoms with Crippen molar-refractivity contribution in [3.63, 3.8) is 0 Å². The third kappa shape index (κ3) is 3.67. The highest BCUT2D eigenvalue weighted by molar-refractivity contribution is 7.89. The van der Waals surface area contributed by atoms with E-state index >= 15 is 0 Å². The maximum Gasteiger partial charge on any atom is 0.240 e. The van der Waals surface area contributed by atoms with Crippen molar-refractivity contribution in [1.29, 1.82) is 0 Å². The van der Waals surface area contributed by atoms with E-state index in [1.54, 1.807) is 0 Å². The molecule has 1 aromatic heterocycles. The van der Waals surface area contributed by atoms with Gasteiger partial charge in [0.1, 0.15) is 5.82 Å². The third-order valence-electron chi connectivity index (χ3n) is 2.84. The van der Waals surface area contributed by atoms with Gasteiger partial charge in [-0.2, -0.15) is 0 Å². The van der Waals surface area contributed by atoms with Gasteiger partial charge < -0.3 is 5.73 Å². The van der Waals surface area contributed by atoms with Crippen LogP contribution in [0.25, 0.3) is 0 Å². The Hall–Kier alpha value is -1.14. The fourth-order valence-electron chi connectivity index (χ4n) is 1.68. The standard InChI is InChI=1S/C11H17N3O2S/c12-11-8-10(5-7-13-11)17(15,16)14-6-1-2-9-3-4-9/h5,7-9,14H,1-4,6H2,(H2,12,13). The summed E-state index contributed by atoms with van der Waals surface area (Å²) in [6.07, 6.45) is 6.00. The van der Waals surface area contributed by atoms with E-state index in [1.807, 2.05) is 0 Å². The first-order valence-electron chi connectivity index (χ1n) is 5.79. The van der Waals surface area contributed by atoms with Crippen LogP contribution < -0.4 is 10.5 Å². The molecule has 0 aromatic carbocycles. The predicted molar refractivity (Wildman–Crippen MR) is 65.8 cm³/mol. The number of nitrogens with zero attached hydrogens (tertiary/aromatic N) is 1. The van der Waals surface area contributed by atoms with E-state index in [-0.39, 0.29) is 10.7 Å². The van der Waals surface area contributed by atoms with Crippen LogP contribution in [-0.2, 0) is 10.0 Å². The van der Waals surface area contributed by atoms with Crippen molar-refractivity contribution < 1.29 is 8.42 Å². The lowest BCUT2D eigenvalue weighted by Crippen LogP contribution is -2.25. The van der Waals surface area contributed by atoms with Crippen molar-refractivity contribution in [2.45, 2.75) is 30.6 Å². The fraction of sp³-hybridized carbons (Fsp3) is 0.545. The Morgan fingerprint density at radius 2 is 2.24 bits per heavy atom. The van der Waals surface area contributed by atoms with Gasteiger partial charge in [-0.25, -0.2) is 18.1 Å². The van der Waals surface area contributed by atoms with Gasteiger partial charge in [-0.3, -0.25) is 0 Å². The van der Waals surface area contributed by atoms with Crippen LogP contribution >= 0.6 is 0 Å². The molecule has 0 radical (unpaired) electrons. The van der Waals surface area contributed by atoms with Gasteiger partial charge in [-0.15, -0.1) is 0 Å². The van der Waals surface area contributed by atoms with Gasteiger partial charge in [0, 0.05) is 18.8 Å². The van der Waals surface area contributed by atoms with Gasteiger partial charge >= 0.3 is 0 Å². The van der Waals surface area contributed by atoms with Crippen LogP contribution in [0.2, 0.25) is 0 Å². The number of hydrogen-bond donors (Lipinski definition) is 2. The molecule has 17 heavy (non-hydrogen) atoms. The summed E-state index contributed by atoms with van der Waals surface area (Å²) in [5, 5.41) is 0. The van der Waals surface area contributed by atoms with E-state index in [4.69, 9.17) is 5.73 Å². The van der Waals surface area contributed by atoms with Gasteiger partial charge in [-0.05, 0) is 24.8 Å². The number of sulfonamides is 1. The Morgan fingerprint density at radius 1 is 1.47 bits per heavy atom. The maximum absolute atomic E-state index is 11.9. The first-order chi connectivity index (χ1) is 8.08. The topological polar surface area (TPSA) is 85.1 Å². The minimum atomic E-state index is -3.43. The van der Waals surface area contributed by atoms with E-state index in [0.29, 0.717) is 6.54 Å². The summed E-state index contributed by atoms with van der Waals surface area (Å²) in [6.45, 7) is 0.487. The second-order valence-electron chi connectivity index (χ2n) is 4.40. The number of nitrogens with one attached hydrogen (secondary N) is 1. The number of pyridine rings is 1. The molecule has 0 amide bonds. The molecule has 0 saturated heterocycles. The second kappa shape index (κ2) is 5.01. The highest BCUT2D eigenvalue weighted by Gasteiger charge is 2.20. The van der Waals surface area contributed by atoms with Crippen LogP contribution in [0.1, 0.15) is 25.7 Å². The molecule has 0 atom stereocenters. The number of aromatic nitrogens is 1. The van der Waals surface area contributed by atoms with Crippen molar-refractivity contribution >= 4 is 15.8 Å². The summed E-state index contributed by atoms with van der Waals surface area (Å²) in [7, 11) is -3.43. The molecule has 2 rings (SSSR count). The fourth-order valence-corrected chi connectivity index (χ4v) is 2.78. The van der Waals surface area contributed by atoms with E-state index < -0.39 is 10.0 Å². The highest BCUT2D eigenvalue weighted by atomic mass is 32.2. The van der Waals surface area contributed by atoms with Crippen molar-refractivity contribution in [2.75, 3.05) is 12.3 Å². The molecule has 1 heterocycles. The van der Waals surface area contributed by atoms with Crippen LogP contribution in [0, 0.1) is 5.92 Å². The average Bonchev–Trinajstić information content (AvgIpc) is 3.08. The van der Waals surface area contributed by atoms with Crippen molar-refractivity contribution in [3.8, 4) is 0 Å². The molecular formula is C11H17N3O2S. The summed E-state index contributed by atoms with van der Waals surface area (Å²) < 4.78 is 26.3. The molecule has 0 bridgehead atoms. The predicted octanol–water partition coefficient (Wildman–Crippen LogP) is 1.13. The Kier molecular flexibility index (Phi) is 3.63. The minimum absolute atomic E-state index is 0.177. The molecule has 1 aromatic rings. The smallest absolute Gasteiger partial charge is 0.240 e. The molecule has 1 aliphatic carbocycles. The first-order valence-corrected chi connectivity index (χ1v) is 7.27. The van der Waals surface area contributed by atoms with E-state index in [1.165, 1.54) is 31.2 Å². The Bertz CT molecular complexity index is 483. The monoisotopic (exact) mass is 255 g/mol. The van der Waals surface area contributed by atoms with Crippen molar-refractivity contribution in [1.82, 2.24) is 9.71 Å². The number of nitrogen functional groups attached to an aromatic ring is 1. The quantitative estimate of drug-likeness (QED) is 0.746. The van der Waals surface area contributed by atoms with Crippen molar-refractivity contribution in [3.05, 3.63) is 18.3 Å². The van der Waals surface area contributed by atoms with E-state index in [2.05, 4.69) is 9.71 Å². The third-order valence-corrected chi connectivity index (χ3v) is 4.30. The molecule has 0 spiro atoms. The van der Waals surface area contributed by atoms with Gasteiger partial charge in [0.2, 0.25) is 10.0 Å². The summed E-state index contributed by atoms with van der Waals surface area (Å²) in [6, 6.07) is 2.81. The zero-order chi connectivity index (χ0) is 12.3. The summed E-state index contributed by atoms with van der Waals surface area (Å²) in [4.78, 5) is 3.94. The molecular weight excluding hydrogens is 238 g/mol. The second-order valence-corrected chi connectivity index (χ2v) is 6.17. The SMILES string of the molecule is Nc1cc(S(=O)(=O)NCCCC2CC2)ccn1. The Morgan fingerprint density at radius 3 is 2.88 bits per heavy atom. The van der Waals surface area contributed by atoms with Gasteiger partial charge in [-0.1, -0.05) is 12.8 Å². The van der Waals surface area contributed by atoms with Crippen LogP contribution in [0.3, 0.4) is 0 Å². The molecule has 0 aliphatic heterocycles. The summed E-state index contributed by atoms with van der Waals surface area (Å²) in [5.41, 5.74) is 5.45. The van der Waals surface area contributed by atoms with Crippen LogP contribution in [0.5, 0.6) is 0 Å². The zero-order valence-corrected chi connectivity index (χ0v) is 10.4. The molecule has 1 saturated carbocycles. The lowest BCUT2D eigenvalue weighted by atomic mass is 10.2. The molecule has 94 valence electrons. The number of anilines is 1. The normalized spacial score (nSPS) is 16.0. The molecule has 3 N–H and O–H groups in total. The molecule has 0 unspecified atom stereocenters. The Balaban J connectivity index is 1.88. The Labute approximate surface area is 101 Å². The van der Waals surface area contributed by atoms with Gasteiger partial charge in [0.15, 0.2) is 0 Å². The minimum Gasteiger partial charge on any atom is -0.384 e. The number of rotatable bonds is 6. The van der Waals surface area contributed by atoms with Crippen LogP contribution in [-0.4, -0.2) is 19.9 Å².